The second kappa shape index (κ2) is 45.4. The minimum absolute atomic E-state index is 0.0648. The molecule has 356 valence electrons. The van der Waals surface area contributed by atoms with Gasteiger partial charge in [-0.25, -0.2) is 0 Å². The lowest BCUT2D eigenvalue weighted by molar-refractivity contribution is -0.167. The molecule has 0 spiro atoms. The lowest BCUT2D eigenvalue weighted by atomic mass is 9.99. The first-order valence-electron chi connectivity index (χ1n) is 26.6. The van der Waals surface area contributed by atoms with Crippen LogP contribution in [0.1, 0.15) is 292 Å². The maximum absolute atomic E-state index is 12.8. The van der Waals surface area contributed by atoms with E-state index < -0.39 is 6.10 Å². The highest BCUT2D eigenvalue weighted by atomic mass is 16.6. The van der Waals surface area contributed by atoms with E-state index in [9.17, 15) is 14.4 Å². The van der Waals surface area contributed by atoms with Crippen LogP contribution in [0.3, 0.4) is 0 Å². The van der Waals surface area contributed by atoms with Crippen molar-refractivity contribution in [3.63, 3.8) is 0 Å². The van der Waals surface area contributed by atoms with Gasteiger partial charge in [0.05, 0.1) is 0 Å². The summed E-state index contributed by atoms with van der Waals surface area (Å²) in [5.74, 6) is 1.65. The summed E-state index contributed by atoms with van der Waals surface area (Å²) in [6, 6.07) is 0. The van der Waals surface area contributed by atoms with Crippen molar-refractivity contribution in [1.29, 1.82) is 0 Å². The van der Waals surface area contributed by atoms with Crippen molar-refractivity contribution in [3.8, 4) is 0 Å². The van der Waals surface area contributed by atoms with Crippen LogP contribution >= 0.6 is 0 Å². The summed E-state index contributed by atoms with van der Waals surface area (Å²) in [6.45, 7) is 13.7. The summed E-state index contributed by atoms with van der Waals surface area (Å²) in [6.07, 6.45) is 45.2. The van der Waals surface area contributed by atoms with Crippen molar-refractivity contribution in [2.75, 3.05) is 13.2 Å². The van der Waals surface area contributed by atoms with Crippen LogP contribution < -0.4 is 0 Å². The smallest absolute Gasteiger partial charge is 0.306 e. The van der Waals surface area contributed by atoms with Crippen LogP contribution in [0.5, 0.6) is 0 Å². The molecule has 0 saturated heterocycles. The van der Waals surface area contributed by atoms with Crippen molar-refractivity contribution < 1.29 is 28.6 Å². The summed E-state index contributed by atoms with van der Waals surface area (Å²) < 4.78 is 16.8. The Bertz CT molecular complexity index is 931. The molecule has 6 heteroatoms. The molecule has 0 fully saturated rings. The maximum atomic E-state index is 12.8. The molecule has 0 rings (SSSR count). The van der Waals surface area contributed by atoms with E-state index in [2.05, 4.69) is 41.5 Å². The molecule has 0 saturated carbocycles. The quantitative estimate of drug-likeness (QED) is 0.0345. The molecule has 0 aromatic carbocycles. The number of hydrogen-bond donors (Lipinski definition) is 0. The summed E-state index contributed by atoms with van der Waals surface area (Å²) in [7, 11) is 0. The number of rotatable bonds is 47. The van der Waals surface area contributed by atoms with Crippen molar-refractivity contribution in [1.82, 2.24) is 0 Å². The fraction of sp³-hybridized carbons (Fsp3) is 0.944. The minimum atomic E-state index is -0.763. The molecule has 0 aliphatic rings. The Kier molecular flexibility index (Phi) is 44.2. The van der Waals surface area contributed by atoms with E-state index in [0.717, 1.165) is 75.5 Å². The lowest BCUT2D eigenvalue weighted by Crippen LogP contribution is -2.30. The molecule has 0 aromatic rings. The SMILES string of the molecule is CCC(C)CCCCCCCCCCC(=O)O[C@@H](COC(=O)CCCCCCCCCCCCCCCCCC(C)C)COC(=O)CCCCCCCCCCCC(C)C. The van der Waals surface area contributed by atoms with Gasteiger partial charge in [0, 0.05) is 19.3 Å². The molecule has 0 radical (unpaired) electrons. The molecule has 0 N–H and O–H groups in total. The zero-order chi connectivity index (χ0) is 44.2. The monoisotopic (exact) mass is 849 g/mol. The number of esters is 3. The highest BCUT2D eigenvalue weighted by Gasteiger charge is 2.19. The van der Waals surface area contributed by atoms with E-state index in [0.29, 0.717) is 19.3 Å². The molecule has 60 heavy (non-hydrogen) atoms. The second-order valence-corrected chi connectivity index (χ2v) is 19.7. The van der Waals surface area contributed by atoms with Gasteiger partial charge in [0.2, 0.25) is 0 Å². The number of unbranched alkanes of at least 4 members (excludes halogenated alkanes) is 29. The fourth-order valence-electron chi connectivity index (χ4n) is 8.08. The van der Waals surface area contributed by atoms with Crippen molar-refractivity contribution in [2.24, 2.45) is 17.8 Å². The first-order chi connectivity index (χ1) is 29.1. The van der Waals surface area contributed by atoms with E-state index in [1.165, 1.54) is 173 Å². The Hall–Kier alpha value is -1.59. The van der Waals surface area contributed by atoms with Crippen LogP contribution in [-0.2, 0) is 28.6 Å². The first kappa shape index (κ1) is 58.4. The van der Waals surface area contributed by atoms with E-state index in [4.69, 9.17) is 14.2 Å². The molecular formula is C54H104O6. The Morgan fingerprint density at radius 3 is 0.867 bits per heavy atom. The third-order valence-electron chi connectivity index (χ3n) is 12.5. The molecule has 0 aromatic heterocycles. The molecule has 6 nitrogen and oxygen atoms in total. The van der Waals surface area contributed by atoms with Gasteiger partial charge < -0.3 is 14.2 Å². The van der Waals surface area contributed by atoms with Crippen LogP contribution in [-0.4, -0.2) is 37.2 Å². The molecule has 0 bridgehead atoms. The van der Waals surface area contributed by atoms with E-state index in [-0.39, 0.29) is 31.1 Å². The van der Waals surface area contributed by atoms with Crippen molar-refractivity contribution >= 4 is 17.9 Å². The minimum Gasteiger partial charge on any atom is -0.462 e. The summed E-state index contributed by atoms with van der Waals surface area (Å²) in [5, 5.41) is 0. The molecule has 0 aliphatic carbocycles. The van der Waals surface area contributed by atoms with Gasteiger partial charge in [-0.15, -0.1) is 0 Å². The molecule has 0 aliphatic heterocycles. The van der Waals surface area contributed by atoms with Gasteiger partial charge in [-0.2, -0.15) is 0 Å². The number of ether oxygens (including phenoxy) is 3. The molecule has 0 heterocycles. The van der Waals surface area contributed by atoms with Gasteiger partial charge in [0.15, 0.2) is 6.10 Å². The summed E-state index contributed by atoms with van der Waals surface area (Å²) in [5.41, 5.74) is 0. The maximum Gasteiger partial charge on any atom is 0.306 e. The van der Waals surface area contributed by atoms with Crippen LogP contribution in [0.25, 0.3) is 0 Å². The average Bonchev–Trinajstić information content (AvgIpc) is 3.22. The number of hydrogen-bond acceptors (Lipinski definition) is 6. The topological polar surface area (TPSA) is 78.9 Å². The first-order valence-corrected chi connectivity index (χ1v) is 26.6. The Labute approximate surface area is 374 Å². The van der Waals surface area contributed by atoms with Crippen LogP contribution in [0, 0.1) is 17.8 Å². The van der Waals surface area contributed by atoms with E-state index >= 15 is 0 Å². The average molecular weight is 849 g/mol. The van der Waals surface area contributed by atoms with Crippen LogP contribution in [0.2, 0.25) is 0 Å². The molecular weight excluding hydrogens is 745 g/mol. The second-order valence-electron chi connectivity index (χ2n) is 19.7. The number of carbonyl (C=O) groups is 3. The predicted molar refractivity (Wildman–Crippen MR) is 256 cm³/mol. The molecule has 0 amide bonds. The van der Waals surface area contributed by atoms with Crippen molar-refractivity contribution in [3.05, 3.63) is 0 Å². The van der Waals surface area contributed by atoms with Gasteiger partial charge in [0.25, 0.3) is 0 Å². The zero-order valence-electron chi connectivity index (χ0n) is 41.3. The Morgan fingerprint density at radius 2 is 0.583 bits per heavy atom. The molecule has 1 unspecified atom stereocenters. The highest BCUT2D eigenvalue weighted by Crippen LogP contribution is 2.18. The van der Waals surface area contributed by atoms with Gasteiger partial charge in [-0.3, -0.25) is 14.4 Å². The third kappa shape index (κ3) is 45.9. The zero-order valence-corrected chi connectivity index (χ0v) is 41.3. The summed E-state index contributed by atoms with van der Waals surface area (Å²) in [4.78, 5) is 38.0. The van der Waals surface area contributed by atoms with E-state index in [1.807, 2.05) is 0 Å². The normalized spacial score (nSPS) is 12.6. The van der Waals surface area contributed by atoms with Gasteiger partial charge >= 0.3 is 17.9 Å². The van der Waals surface area contributed by atoms with Crippen LogP contribution in [0.4, 0.5) is 0 Å². The van der Waals surface area contributed by atoms with Gasteiger partial charge in [-0.1, -0.05) is 253 Å². The van der Waals surface area contributed by atoms with Gasteiger partial charge in [-0.05, 0) is 37.0 Å². The largest absolute Gasteiger partial charge is 0.462 e. The highest BCUT2D eigenvalue weighted by molar-refractivity contribution is 5.71. The fourth-order valence-corrected chi connectivity index (χ4v) is 8.08. The Balaban J connectivity index is 4.28. The summed E-state index contributed by atoms with van der Waals surface area (Å²) >= 11 is 0. The lowest BCUT2D eigenvalue weighted by Gasteiger charge is -2.18. The van der Waals surface area contributed by atoms with Crippen LogP contribution in [0.15, 0.2) is 0 Å². The third-order valence-corrected chi connectivity index (χ3v) is 12.5. The predicted octanol–water partition coefficient (Wildman–Crippen LogP) is 17.2. The Morgan fingerprint density at radius 1 is 0.333 bits per heavy atom. The van der Waals surface area contributed by atoms with E-state index in [1.54, 1.807) is 0 Å². The standard InChI is InChI=1S/C54H104O6/c1-7-50(6)42-36-30-24-20-21-27-33-39-45-54(57)60-51(47-59-53(56)44-38-32-26-19-15-17-23-29-35-41-49(4)5)46-58-52(55)43-37-31-25-18-14-12-10-8-9-11-13-16-22-28-34-40-48(2)3/h48-51H,7-47H2,1-6H3/t50?,51-/m0/s1. The van der Waals surface area contributed by atoms with Gasteiger partial charge in [0.1, 0.15) is 13.2 Å². The number of carbonyl (C=O) groups excluding carboxylic acids is 3. The van der Waals surface area contributed by atoms with Crippen molar-refractivity contribution in [2.45, 2.75) is 298 Å². The molecule has 2 atom stereocenters.